The lowest BCUT2D eigenvalue weighted by Gasteiger charge is -2.22. The van der Waals surface area contributed by atoms with Gasteiger partial charge in [0.05, 0.1) is 6.20 Å². The number of hydrogen-bond acceptors (Lipinski definition) is 5. The highest BCUT2D eigenvalue weighted by Gasteiger charge is 2.21. The molecule has 0 atom stereocenters. The summed E-state index contributed by atoms with van der Waals surface area (Å²) in [6.07, 6.45) is 3.08. The summed E-state index contributed by atoms with van der Waals surface area (Å²) in [7, 11) is 0. The van der Waals surface area contributed by atoms with Gasteiger partial charge in [0.15, 0.2) is 12.2 Å². The van der Waals surface area contributed by atoms with E-state index < -0.39 is 5.41 Å². The van der Waals surface area contributed by atoms with E-state index in [1.54, 1.807) is 6.20 Å². The van der Waals surface area contributed by atoms with Gasteiger partial charge in [-0.1, -0.05) is 32.0 Å². The van der Waals surface area contributed by atoms with Crippen molar-refractivity contribution in [2.24, 2.45) is 5.41 Å². The Morgan fingerprint density at radius 3 is 2.81 bits per heavy atom. The predicted molar refractivity (Wildman–Crippen MR) is 121 cm³/mol. The van der Waals surface area contributed by atoms with Gasteiger partial charge < -0.3 is 25.1 Å². The molecule has 0 aliphatic carbocycles. The van der Waals surface area contributed by atoms with E-state index in [1.807, 2.05) is 66.9 Å². The first-order valence-electron chi connectivity index (χ1n) is 10.1. The minimum atomic E-state index is -0.400. The van der Waals surface area contributed by atoms with Gasteiger partial charge in [0.2, 0.25) is 0 Å². The van der Waals surface area contributed by atoms with Crippen molar-refractivity contribution >= 4 is 22.5 Å². The molecule has 1 amide bonds. The molecule has 0 saturated heterocycles. The van der Waals surface area contributed by atoms with Crippen LogP contribution in [0.5, 0.6) is 0 Å². The summed E-state index contributed by atoms with van der Waals surface area (Å²) in [6.45, 7) is 4.66. The zero-order valence-corrected chi connectivity index (χ0v) is 17.6. The van der Waals surface area contributed by atoms with Crippen molar-refractivity contribution < 1.29 is 14.3 Å². The SMILES string of the molecule is CC(C)(CO)CNC(=O)c1cc2cc(N)ccc2n1Cc1cccc(-c2cnco2)c1. The topological polar surface area (TPSA) is 106 Å². The number of nitrogens with two attached hydrogens (primary N) is 1. The fourth-order valence-electron chi connectivity index (χ4n) is 3.48. The van der Waals surface area contributed by atoms with Gasteiger partial charge in [0.25, 0.3) is 5.91 Å². The van der Waals surface area contributed by atoms with E-state index in [0.29, 0.717) is 30.2 Å². The van der Waals surface area contributed by atoms with Gasteiger partial charge in [-0.2, -0.15) is 0 Å². The number of hydrogen-bond donors (Lipinski definition) is 3. The number of oxazole rings is 1. The van der Waals surface area contributed by atoms with Crippen LogP contribution in [0.25, 0.3) is 22.2 Å². The number of nitrogens with zero attached hydrogens (tertiary/aromatic N) is 2. The molecule has 0 saturated carbocycles. The first kappa shape index (κ1) is 20.7. The number of carbonyl (C=O) groups excluding carboxylic acids is 1. The highest BCUT2D eigenvalue weighted by molar-refractivity contribution is 5.99. The molecule has 0 aliphatic rings. The van der Waals surface area contributed by atoms with E-state index in [0.717, 1.165) is 22.0 Å². The third-order valence-corrected chi connectivity index (χ3v) is 5.30. The number of anilines is 1. The summed E-state index contributed by atoms with van der Waals surface area (Å²) < 4.78 is 7.39. The number of amides is 1. The zero-order chi connectivity index (χ0) is 22.0. The van der Waals surface area contributed by atoms with Crippen LogP contribution in [0.15, 0.2) is 65.5 Å². The minimum absolute atomic E-state index is 0.0127. The molecule has 7 heteroatoms. The molecule has 2 aromatic heterocycles. The van der Waals surface area contributed by atoms with E-state index in [9.17, 15) is 9.90 Å². The lowest BCUT2D eigenvalue weighted by Crippen LogP contribution is -2.36. The van der Waals surface area contributed by atoms with E-state index in [-0.39, 0.29) is 12.5 Å². The number of carbonyl (C=O) groups is 1. The summed E-state index contributed by atoms with van der Waals surface area (Å²) in [6, 6.07) is 15.4. The van der Waals surface area contributed by atoms with Gasteiger partial charge in [-0.3, -0.25) is 4.79 Å². The summed E-state index contributed by atoms with van der Waals surface area (Å²) >= 11 is 0. The highest BCUT2D eigenvalue weighted by Crippen LogP contribution is 2.26. The molecular formula is C24H26N4O3. The molecule has 160 valence electrons. The van der Waals surface area contributed by atoms with Crippen LogP contribution in [0.3, 0.4) is 0 Å². The average Bonchev–Trinajstić information content (AvgIpc) is 3.41. The molecule has 4 N–H and O–H groups in total. The normalized spacial score (nSPS) is 11.7. The van der Waals surface area contributed by atoms with Gasteiger partial charge >= 0.3 is 0 Å². The Labute approximate surface area is 180 Å². The Morgan fingerprint density at radius 2 is 2.06 bits per heavy atom. The molecule has 2 aromatic carbocycles. The summed E-state index contributed by atoms with van der Waals surface area (Å²) in [4.78, 5) is 17.0. The fraction of sp³-hybridized carbons (Fsp3) is 0.250. The van der Waals surface area contributed by atoms with Gasteiger partial charge in [0, 0.05) is 47.3 Å². The Balaban J connectivity index is 1.70. The summed E-state index contributed by atoms with van der Waals surface area (Å²) in [5.74, 6) is 0.499. The number of aliphatic hydroxyl groups is 1. The number of aliphatic hydroxyl groups excluding tert-OH is 1. The van der Waals surface area contributed by atoms with Crippen LogP contribution in [0.1, 0.15) is 29.9 Å². The third-order valence-electron chi connectivity index (χ3n) is 5.30. The first-order valence-corrected chi connectivity index (χ1v) is 10.1. The lowest BCUT2D eigenvalue weighted by molar-refractivity contribution is 0.0903. The number of aromatic nitrogens is 2. The van der Waals surface area contributed by atoms with Crippen LogP contribution in [0.4, 0.5) is 5.69 Å². The quantitative estimate of drug-likeness (QED) is 0.397. The second-order valence-corrected chi connectivity index (χ2v) is 8.51. The molecule has 0 bridgehead atoms. The number of rotatable bonds is 7. The second kappa shape index (κ2) is 8.28. The fourth-order valence-corrected chi connectivity index (χ4v) is 3.48. The number of fused-ring (bicyclic) bond motifs is 1. The largest absolute Gasteiger partial charge is 0.444 e. The maximum atomic E-state index is 13.1. The molecule has 0 spiro atoms. The summed E-state index contributed by atoms with van der Waals surface area (Å²) in [5.41, 5.74) is 9.62. The number of benzene rings is 2. The van der Waals surface area contributed by atoms with Crippen LogP contribution < -0.4 is 11.1 Å². The van der Waals surface area contributed by atoms with Gasteiger partial charge in [-0.25, -0.2) is 4.98 Å². The van der Waals surface area contributed by atoms with Crippen molar-refractivity contribution in [3.05, 3.63) is 72.4 Å². The van der Waals surface area contributed by atoms with E-state index in [2.05, 4.69) is 10.3 Å². The number of nitrogens with one attached hydrogen (secondary N) is 1. The minimum Gasteiger partial charge on any atom is -0.444 e. The van der Waals surface area contributed by atoms with E-state index >= 15 is 0 Å². The standard InChI is InChI=1S/C24H26N4O3/c1-24(2,14-29)13-27-23(30)21-10-18-9-19(25)6-7-20(18)28(21)12-16-4-3-5-17(8-16)22-11-26-15-31-22/h3-11,15,29H,12-14,25H2,1-2H3,(H,27,30). The van der Waals surface area contributed by atoms with Crippen LogP contribution in [0.2, 0.25) is 0 Å². The molecule has 0 unspecified atom stereocenters. The smallest absolute Gasteiger partial charge is 0.267 e. The van der Waals surface area contributed by atoms with Crippen LogP contribution in [-0.4, -0.2) is 33.7 Å². The monoisotopic (exact) mass is 418 g/mol. The van der Waals surface area contributed by atoms with Crippen molar-refractivity contribution in [2.45, 2.75) is 20.4 Å². The predicted octanol–water partition coefficient (Wildman–Crippen LogP) is 3.68. The van der Waals surface area contributed by atoms with Crippen molar-refractivity contribution in [1.82, 2.24) is 14.9 Å². The molecule has 4 rings (SSSR count). The first-order chi connectivity index (χ1) is 14.9. The van der Waals surface area contributed by atoms with Crippen LogP contribution in [-0.2, 0) is 6.54 Å². The molecular weight excluding hydrogens is 392 g/mol. The van der Waals surface area contributed by atoms with Crippen molar-refractivity contribution in [1.29, 1.82) is 0 Å². The Bertz CT molecular complexity index is 1210. The van der Waals surface area contributed by atoms with Crippen molar-refractivity contribution in [2.75, 3.05) is 18.9 Å². The highest BCUT2D eigenvalue weighted by atomic mass is 16.3. The molecule has 0 aliphatic heterocycles. The maximum Gasteiger partial charge on any atom is 0.267 e. The summed E-state index contributed by atoms with van der Waals surface area (Å²) in [5, 5.41) is 13.3. The maximum absolute atomic E-state index is 13.1. The Hall–Kier alpha value is -3.58. The average molecular weight is 418 g/mol. The van der Waals surface area contributed by atoms with E-state index in [1.165, 1.54) is 6.39 Å². The second-order valence-electron chi connectivity index (χ2n) is 8.51. The molecule has 2 heterocycles. The van der Waals surface area contributed by atoms with E-state index in [4.69, 9.17) is 10.2 Å². The molecule has 0 fully saturated rings. The number of nitrogen functional groups attached to an aromatic ring is 1. The van der Waals surface area contributed by atoms with Crippen molar-refractivity contribution in [3.63, 3.8) is 0 Å². The zero-order valence-electron chi connectivity index (χ0n) is 17.6. The third kappa shape index (κ3) is 4.46. The molecule has 7 nitrogen and oxygen atoms in total. The van der Waals surface area contributed by atoms with Gasteiger partial charge in [-0.05, 0) is 35.9 Å². The van der Waals surface area contributed by atoms with Crippen molar-refractivity contribution in [3.8, 4) is 11.3 Å². The van der Waals surface area contributed by atoms with Crippen LogP contribution in [0, 0.1) is 5.41 Å². The lowest BCUT2D eigenvalue weighted by atomic mass is 9.95. The Morgan fingerprint density at radius 1 is 1.23 bits per heavy atom. The van der Waals surface area contributed by atoms with Gasteiger partial charge in [-0.15, -0.1) is 0 Å². The van der Waals surface area contributed by atoms with Gasteiger partial charge in [0.1, 0.15) is 5.69 Å². The molecule has 31 heavy (non-hydrogen) atoms. The molecule has 0 radical (unpaired) electrons. The van der Waals surface area contributed by atoms with Crippen LogP contribution >= 0.6 is 0 Å². The molecule has 4 aromatic rings. The Kier molecular flexibility index (Phi) is 5.52.